The van der Waals surface area contributed by atoms with Crippen molar-refractivity contribution in [1.82, 2.24) is 0 Å². The first-order valence-electron chi connectivity index (χ1n) is 15.9. The predicted molar refractivity (Wildman–Crippen MR) is 196 cm³/mol. The number of hydrogen-bond donors (Lipinski definition) is 0. The smallest absolute Gasteiger partial charge is 0.136 e. The van der Waals surface area contributed by atoms with E-state index >= 15 is 0 Å². The highest BCUT2D eigenvalue weighted by Crippen LogP contribution is 2.44. The van der Waals surface area contributed by atoms with Crippen molar-refractivity contribution in [2.75, 3.05) is 4.90 Å². The van der Waals surface area contributed by atoms with E-state index in [2.05, 4.69) is 144 Å². The molecule has 0 atom stereocenters. The van der Waals surface area contributed by atoms with Crippen molar-refractivity contribution in [3.05, 3.63) is 164 Å². The summed E-state index contributed by atoms with van der Waals surface area (Å²) in [7, 11) is 0. The first-order valence-corrected chi connectivity index (χ1v) is 15.9. The molecule has 2 aromatic heterocycles. The molecule has 10 aromatic rings. The standard InChI is InChI=1S/C44H27NO2/c1-2-12-33-28(9-1)10-7-15-34(33)29-19-21-31(22-20-29)45(32-23-24-43-39(26-32)36-14-4-5-17-41(36)46-43)40-16-8-11-30-25-38-35-13-3-6-18-42(35)47-44(38)27-37(30)40/h1-27H. The van der Waals surface area contributed by atoms with Crippen molar-refractivity contribution in [2.45, 2.75) is 0 Å². The van der Waals surface area contributed by atoms with Gasteiger partial charge < -0.3 is 13.7 Å². The fourth-order valence-electron chi connectivity index (χ4n) is 7.22. The maximum Gasteiger partial charge on any atom is 0.136 e. The van der Waals surface area contributed by atoms with Crippen LogP contribution >= 0.6 is 0 Å². The van der Waals surface area contributed by atoms with Gasteiger partial charge in [-0.2, -0.15) is 0 Å². The number of para-hydroxylation sites is 2. The number of rotatable bonds is 4. The van der Waals surface area contributed by atoms with Crippen molar-refractivity contribution in [1.29, 1.82) is 0 Å². The Labute approximate surface area is 270 Å². The summed E-state index contributed by atoms with van der Waals surface area (Å²) >= 11 is 0. The Bertz CT molecular complexity index is 2800. The molecule has 0 radical (unpaired) electrons. The van der Waals surface area contributed by atoms with Crippen LogP contribution in [0.3, 0.4) is 0 Å². The minimum absolute atomic E-state index is 0.878. The topological polar surface area (TPSA) is 29.5 Å². The lowest BCUT2D eigenvalue weighted by atomic mass is 9.98. The summed E-state index contributed by atoms with van der Waals surface area (Å²) in [4.78, 5) is 2.35. The molecule has 220 valence electrons. The Balaban J connectivity index is 1.20. The molecule has 0 N–H and O–H groups in total. The van der Waals surface area contributed by atoms with Crippen LogP contribution in [-0.4, -0.2) is 0 Å². The molecule has 0 amide bonds. The highest BCUT2D eigenvalue weighted by Gasteiger charge is 2.19. The first kappa shape index (κ1) is 26.0. The molecule has 0 unspecified atom stereocenters. The maximum absolute atomic E-state index is 6.37. The van der Waals surface area contributed by atoms with Crippen LogP contribution in [0.4, 0.5) is 17.1 Å². The van der Waals surface area contributed by atoms with Crippen LogP contribution in [0, 0.1) is 0 Å². The molecule has 0 saturated carbocycles. The Hall–Kier alpha value is -6.32. The fourth-order valence-corrected chi connectivity index (χ4v) is 7.22. The number of fused-ring (bicyclic) bond motifs is 8. The molecular formula is C44H27NO2. The summed E-state index contributed by atoms with van der Waals surface area (Å²) in [5.74, 6) is 0. The normalized spacial score (nSPS) is 11.8. The van der Waals surface area contributed by atoms with E-state index in [9.17, 15) is 0 Å². The van der Waals surface area contributed by atoms with Crippen molar-refractivity contribution in [2.24, 2.45) is 0 Å². The lowest BCUT2D eigenvalue weighted by molar-refractivity contribution is 0.669. The van der Waals surface area contributed by atoms with Crippen molar-refractivity contribution in [3.8, 4) is 11.1 Å². The van der Waals surface area contributed by atoms with Gasteiger partial charge in [0.2, 0.25) is 0 Å². The predicted octanol–water partition coefficient (Wildman–Crippen LogP) is 12.9. The van der Waals surface area contributed by atoms with E-state index < -0.39 is 0 Å². The molecule has 2 heterocycles. The van der Waals surface area contributed by atoms with Gasteiger partial charge in [-0.15, -0.1) is 0 Å². The van der Waals surface area contributed by atoms with Crippen LogP contribution in [0.5, 0.6) is 0 Å². The maximum atomic E-state index is 6.37. The third-order valence-electron chi connectivity index (χ3n) is 9.44. The van der Waals surface area contributed by atoms with E-state index in [0.29, 0.717) is 0 Å². The zero-order valence-electron chi connectivity index (χ0n) is 25.4. The molecule has 47 heavy (non-hydrogen) atoms. The van der Waals surface area contributed by atoms with Crippen LogP contribution in [0.1, 0.15) is 0 Å². The Morgan fingerprint density at radius 2 is 0.936 bits per heavy atom. The largest absolute Gasteiger partial charge is 0.456 e. The second kappa shape index (κ2) is 10.1. The van der Waals surface area contributed by atoms with Gasteiger partial charge in [0.1, 0.15) is 22.3 Å². The molecule has 0 aliphatic rings. The third-order valence-corrected chi connectivity index (χ3v) is 9.44. The lowest BCUT2D eigenvalue weighted by Crippen LogP contribution is -2.10. The minimum Gasteiger partial charge on any atom is -0.456 e. The molecule has 0 spiro atoms. The average molecular weight is 602 g/mol. The molecule has 0 bridgehead atoms. The first-order chi connectivity index (χ1) is 23.3. The highest BCUT2D eigenvalue weighted by molar-refractivity contribution is 6.13. The Morgan fingerprint density at radius 1 is 0.340 bits per heavy atom. The lowest BCUT2D eigenvalue weighted by Gasteiger charge is -2.27. The molecular weight excluding hydrogens is 574 g/mol. The van der Waals surface area contributed by atoms with E-state index in [1.807, 2.05) is 24.3 Å². The van der Waals surface area contributed by atoms with Crippen LogP contribution in [0.2, 0.25) is 0 Å². The number of nitrogens with zero attached hydrogens (tertiary/aromatic N) is 1. The number of benzene rings is 8. The summed E-state index contributed by atoms with van der Waals surface area (Å²) in [6.07, 6.45) is 0. The van der Waals surface area contributed by atoms with E-state index in [0.717, 1.165) is 71.7 Å². The molecule has 8 aromatic carbocycles. The Kier molecular flexibility index (Phi) is 5.57. The van der Waals surface area contributed by atoms with Crippen LogP contribution in [0.15, 0.2) is 173 Å². The van der Waals surface area contributed by atoms with Gasteiger partial charge in [0.05, 0.1) is 5.69 Å². The third kappa shape index (κ3) is 4.07. The summed E-state index contributed by atoms with van der Waals surface area (Å²) in [5, 5.41) is 9.23. The quantitative estimate of drug-likeness (QED) is 0.201. The van der Waals surface area contributed by atoms with Gasteiger partial charge in [-0.1, -0.05) is 103 Å². The monoisotopic (exact) mass is 601 g/mol. The molecule has 10 rings (SSSR count). The van der Waals surface area contributed by atoms with Gasteiger partial charge >= 0.3 is 0 Å². The fraction of sp³-hybridized carbons (Fsp3) is 0. The molecule has 0 saturated heterocycles. The molecule has 3 nitrogen and oxygen atoms in total. The summed E-state index contributed by atoms with van der Waals surface area (Å²) < 4.78 is 12.6. The van der Waals surface area contributed by atoms with Crippen molar-refractivity contribution < 1.29 is 8.83 Å². The number of anilines is 3. The summed E-state index contributed by atoms with van der Waals surface area (Å²) in [5.41, 5.74) is 9.17. The molecule has 0 aliphatic carbocycles. The second-order valence-corrected chi connectivity index (χ2v) is 12.1. The van der Waals surface area contributed by atoms with Gasteiger partial charge in [0.15, 0.2) is 0 Å². The van der Waals surface area contributed by atoms with Crippen molar-refractivity contribution >= 4 is 82.5 Å². The minimum atomic E-state index is 0.878. The summed E-state index contributed by atoms with van der Waals surface area (Å²) in [6.45, 7) is 0. The van der Waals surface area contributed by atoms with Gasteiger partial charge in [0, 0.05) is 38.3 Å². The zero-order valence-corrected chi connectivity index (χ0v) is 25.4. The average Bonchev–Trinajstić information content (AvgIpc) is 3.69. The van der Waals surface area contributed by atoms with E-state index in [1.165, 1.54) is 21.9 Å². The van der Waals surface area contributed by atoms with Gasteiger partial charge in [-0.3, -0.25) is 0 Å². The zero-order chi connectivity index (χ0) is 30.9. The molecule has 3 heteroatoms. The van der Waals surface area contributed by atoms with Crippen LogP contribution in [0.25, 0.3) is 76.5 Å². The second-order valence-electron chi connectivity index (χ2n) is 12.1. The summed E-state index contributed by atoms with van der Waals surface area (Å²) in [6, 6.07) is 58.0. The number of hydrogen-bond acceptors (Lipinski definition) is 3. The van der Waals surface area contributed by atoms with Crippen LogP contribution in [-0.2, 0) is 0 Å². The van der Waals surface area contributed by atoms with E-state index in [4.69, 9.17) is 8.83 Å². The van der Waals surface area contributed by atoms with Gasteiger partial charge in [0.25, 0.3) is 0 Å². The van der Waals surface area contributed by atoms with Gasteiger partial charge in [-0.05, 0) is 87.9 Å². The number of furan rings is 2. The van der Waals surface area contributed by atoms with E-state index in [1.54, 1.807) is 0 Å². The Morgan fingerprint density at radius 3 is 1.74 bits per heavy atom. The van der Waals surface area contributed by atoms with Crippen molar-refractivity contribution in [3.63, 3.8) is 0 Å². The SMILES string of the molecule is c1ccc2c(-c3ccc(N(c4ccc5oc6ccccc6c5c4)c4cccc5cc6c(cc45)oc4ccccc46)cc3)cccc2c1. The van der Waals surface area contributed by atoms with E-state index in [-0.39, 0.29) is 0 Å². The van der Waals surface area contributed by atoms with Crippen LogP contribution < -0.4 is 4.90 Å². The molecule has 0 aliphatic heterocycles. The molecule has 0 fully saturated rings. The van der Waals surface area contributed by atoms with Gasteiger partial charge in [-0.25, -0.2) is 0 Å². The highest BCUT2D eigenvalue weighted by atomic mass is 16.3.